The van der Waals surface area contributed by atoms with Gasteiger partial charge in [-0.2, -0.15) is 0 Å². The predicted octanol–water partition coefficient (Wildman–Crippen LogP) is 7.85. The highest BCUT2D eigenvalue weighted by Gasteiger charge is 2.39. The van der Waals surface area contributed by atoms with Crippen molar-refractivity contribution < 1.29 is 14.2 Å². The van der Waals surface area contributed by atoms with Gasteiger partial charge >= 0.3 is 0 Å². The topological polar surface area (TPSA) is 32.6 Å². The molecule has 0 unspecified atom stereocenters. The van der Waals surface area contributed by atoms with Crippen LogP contribution in [0.2, 0.25) is 0 Å². The van der Waals surface area contributed by atoms with Gasteiger partial charge in [-0.1, -0.05) is 66.7 Å². The van der Waals surface area contributed by atoms with E-state index in [0.29, 0.717) is 0 Å². The van der Waals surface area contributed by atoms with Crippen LogP contribution in [0.5, 0.6) is 17.2 Å². The highest BCUT2D eigenvalue weighted by molar-refractivity contribution is 6.24. The Hall–Kier alpha value is -4.70. The number of para-hydroxylation sites is 1. The van der Waals surface area contributed by atoms with Gasteiger partial charge in [0, 0.05) is 45.4 Å². The van der Waals surface area contributed by atoms with Crippen LogP contribution in [-0.4, -0.2) is 18.8 Å². The maximum Gasteiger partial charge on any atom is 0.178 e. The van der Waals surface area contributed by atoms with Crippen molar-refractivity contribution in [2.75, 3.05) is 14.2 Å². The highest BCUT2D eigenvalue weighted by Crippen LogP contribution is 2.50. The zero-order valence-electron chi connectivity index (χ0n) is 21.6. The van der Waals surface area contributed by atoms with Gasteiger partial charge in [-0.05, 0) is 47.9 Å². The number of hydrogen-bond donors (Lipinski definition) is 0. The van der Waals surface area contributed by atoms with Crippen molar-refractivity contribution in [1.29, 1.82) is 0 Å². The molecular formula is C34H27NO3. The van der Waals surface area contributed by atoms with E-state index in [9.17, 15) is 0 Å². The van der Waals surface area contributed by atoms with Crippen LogP contribution in [0.25, 0.3) is 38.7 Å². The molecule has 1 aromatic heterocycles. The highest BCUT2D eigenvalue weighted by atomic mass is 16.5. The second-order valence-corrected chi connectivity index (χ2v) is 9.72. The fraction of sp³-hybridized carbons (Fsp3) is 0.118. The van der Waals surface area contributed by atoms with Gasteiger partial charge in [0.05, 0.1) is 19.7 Å². The van der Waals surface area contributed by atoms with Crippen LogP contribution in [0, 0.1) is 0 Å². The molecule has 6 aromatic rings. The number of ether oxygens (including phenoxy) is 3. The Balaban J connectivity index is 1.55. The monoisotopic (exact) mass is 497 g/mol. The Morgan fingerprint density at radius 3 is 1.82 bits per heavy atom. The molecule has 5 aromatic carbocycles. The SMILES string of the molecule is COc1ccc(C2(c3ccc(OC)cc3)C=Cc3c(c4ccccc4c4c5ccccc5n(C)c34)O2)cc1. The molecule has 0 radical (unpaired) electrons. The lowest BCUT2D eigenvalue weighted by Gasteiger charge is -2.37. The van der Waals surface area contributed by atoms with Crippen LogP contribution < -0.4 is 14.2 Å². The van der Waals surface area contributed by atoms with Crippen LogP contribution in [0.3, 0.4) is 0 Å². The summed E-state index contributed by atoms with van der Waals surface area (Å²) >= 11 is 0. The van der Waals surface area contributed by atoms with E-state index in [4.69, 9.17) is 14.2 Å². The number of methoxy groups -OCH3 is 2. The van der Waals surface area contributed by atoms with E-state index < -0.39 is 5.60 Å². The van der Waals surface area contributed by atoms with Gasteiger partial charge in [-0.25, -0.2) is 0 Å². The fourth-order valence-electron chi connectivity index (χ4n) is 5.95. The molecule has 0 atom stereocenters. The fourth-order valence-corrected chi connectivity index (χ4v) is 5.95. The molecule has 7 rings (SSSR count). The van der Waals surface area contributed by atoms with Gasteiger partial charge in [0.2, 0.25) is 0 Å². The van der Waals surface area contributed by atoms with Gasteiger partial charge in [-0.3, -0.25) is 0 Å². The summed E-state index contributed by atoms with van der Waals surface area (Å²) in [6.07, 6.45) is 4.42. The number of hydrogen-bond acceptors (Lipinski definition) is 3. The van der Waals surface area contributed by atoms with Crippen molar-refractivity contribution in [3.8, 4) is 17.2 Å². The third-order valence-corrected chi connectivity index (χ3v) is 7.83. The number of rotatable bonds is 4. The first kappa shape index (κ1) is 22.5. The van der Waals surface area contributed by atoms with E-state index >= 15 is 0 Å². The minimum Gasteiger partial charge on any atom is -0.497 e. The van der Waals surface area contributed by atoms with Crippen molar-refractivity contribution in [3.05, 3.63) is 120 Å². The Bertz CT molecular complexity index is 1810. The van der Waals surface area contributed by atoms with E-state index in [2.05, 4.69) is 96.6 Å². The summed E-state index contributed by atoms with van der Waals surface area (Å²) in [5.74, 6) is 2.50. The second kappa shape index (κ2) is 8.42. The maximum atomic E-state index is 7.23. The molecule has 0 fully saturated rings. The second-order valence-electron chi connectivity index (χ2n) is 9.72. The number of aromatic nitrogens is 1. The van der Waals surface area contributed by atoms with E-state index in [1.54, 1.807) is 14.2 Å². The molecule has 4 nitrogen and oxygen atoms in total. The van der Waals surface area contributed by atoms with Crippen molar-refractivity contribution in [3.63, 3.8) is 0 Å². The molecule has 4 heteroatoms. The Kier molecular flexibility index (Phi) is 4.98. The van der Waals surface area contributed by atoms with E-state index in [0.717, 1.165) is 39.3 Å². The summed E-state index contributed by atoms with van der Waals surface area (Å²) in [7, 11) is 5.51. The number of nitrogens with zero attached hydrogens (tertiary/aromatic N) is 1. The molecule has 0 amide bonds. The zero-order valence-corrected chi connectivity index (χ0v) is 21.6. The summed E-state index contributed by atoms with van der Waals surface area (Å²) < 4.78 is 20.4. The van der Waals surface area contributed by atoms with Crippen LogP contribution in [-0.2, 0) is 12.6 Å². The van der Waals surface area contributed by atoms with Gasteiger partial charge in [0.1, 0.15) is 17.2 Å². The molecular weight excluding hydrogens is 470 g/mol. The van der Waals surface area contributed by atoms with Gasteiger partial charge in [-0.15, -0.1) is 0 Å². The predicted molar refractivity (Wildman–Crippen MR) is 154 cm³/mol. The molecule has 0 aliphatic carbocycles. The largest absolute Gasteiger partial charge is 0.497 e. The quantitative estimate of drug-likeness (QED) is 0.249. The smallest absolute Gasteiger partial charge is 0.178 e. The van der Waals surface area contributed by atoms with E-state index in [1.807, 2.05) is 24.3 Å². The third-order valence-electron chi connectivity index (χ3n) is 7.83. The lowest BCUT2D eigenvalue weighted by molar-refractivity contribution is 0.163. The van der Waals surface area contributed by atoms with Crippen molar-refractivity contribution in [1.82, 2.24) is 4.57 Å². The van der Waals surface area contributed by atoms with E-state index in [-0.39, 0.29) is 0 Å². The molecule has 0 N–H and O–H groups in total. The number of fused-ring (bicyclic) bond motifs is 8. The molecule has 186 valence electrons. The first-order valence-electron chi connectivity index (χ1n) is 12.7. The Morgan fingerprint density at radius 2 is 1.21 bits per heavy atom. The van der Waals surface area contributed by atoms with Gasteiger partial charge in [0.15, 0.2) is 5.60 Å². The zero-order chi connectivity index (χ0) is 25.9. The molecule has 0 bridgehead atoms. The third kappa shape index (κ3) is 3.10. The summed E-state index contributed by atoms with van der Waals surface area (Å²) in [5, 5.41) is 4.79. The van der Waals surface area contributed by atoms with Crippen molar-refractivity contribution >= 4 is 38.7 Å². The Labute approximate surface area is 221 Å². The summed E-state index contributed by atoms with van der Waals surface area (Å²) in [5.41, 5.74) is 4.69. The molecule has 38 heavy (non-hydrogen) atoms. The Morgan fingerprint density at radius 1 is 0.658 bits per heavy atom. The van der Waals surface area contributed by atoms with Crippen LogP contribution in [0.15, 0.2) is 103 Å². The van der Waals surface area contributed by atoms with Crippen molar-refractivity contribution in [2.45, 2.75) is 5.60 Å². The average Bonchev–Trinajstić information content (AvgIpc) is 3.29. The molecule has 0 spiro atoms. The minimum atomic E-state index is -0.827. The summed E-state index contributed by atoms with van der Waals surface area (Å²) in [6, 6.07) is 33.4. The first-order valence-corrected chi connectivity index (χ1v) is 12.7. The van der Waals surface area contributed by atoms with Crippen LogP contribution >= 0.6 is 0 Å². The van der Waals surface area contributed by atoms with Crippen molar-refractivity contribution in [2.24, 2.45) is 7.05 Å². The molecule has 1 aliphatic heterocycles. The standard InChI is InChI=1S/C34H27NO3/c1-35-30-11-7-6-10-28(30)31-26-8-4-5-9-27(26)33-29(32(31)35)20-21-34(38-33,22-12-16-24(36-2)17-13-22)23-14-18-25(37-3)19-15-23/h4-21H,1-3H3. The minimum absolute atomic E-state index is 0.807. The first-order chi connectivity index (χ1) is 18.6. The average molecular weight is 498 g/mol. The van der Waals surface area contributed by atoms with Gasteiger partial charge < -0.3 is 18.8 Å². The molecule has 0 saturated heterocycles. The normalized spacial score (nSPS) is 14.0. The lowest BCUT2D eigenvalue weighted by atomic mass is 9.83. The molecule has 1 aliphatic rings. The lowest BCUT2D eigenvalue weighted by Crippen LogP contribution is -2.34. The summed E-state index contributed by atoms with van der Waals surface area (Å²) in [4.78, 5) is 0. The number of aryl methyl sites for hydroxylation is 1. The van der Waals surface area contributed by atoms with E-state index in [1.165, 1.54) is 27.2 Å². The van der Waals surface area contributed by atoms with Gasteiger partial charge in [0.25, 0.3) is 0 Å². The number of benzene rings is 5. The maximum absolute atomic E-state index is 7.23. The molecule has 2 heterocycles. The summed E-state index contributed by atoms with van der Waals surface area (Å²) in [6.45, 7) is 0. The molecule has 0 saturated carbocycles. The van der Waals surface area contributed by atoms with Crippen LogP contribution in [0.1, 0.15) is 16.7 Å². The van der Waals surface area contributed by atoms with Crippen LogP contribution in [0.4, 0.5) is 0 Å².